The van der Waals surface area contributed by atoms with Crippen LogP contribution in [0.15, 0.2) is 41.7 Å². The zero-order valence-corrected chi connectivity index (χ0v) is 15.0. The van der Waals surface area contributed by atoms with Crippen molar-refractivity contribution in [2.24, 2.45) is 0 Å². The van der Waals surface area contributed by atoms with Crippen LogP contribution in [0.1, 0.15) is 32.6 Å². The zero-order chi connectivity index (χ0) is 17.6. The van der Waals surface area contributed by atoms with Crippen molar-refractivity contribution in [1.29, 1.82) is 0 Å². The molecule has 6 nitrogen and oxygen atoms in total. The summed E-state index contributed by atoms with van der Waals surface area (Å²) in [5, 5.41) is -0.171. The Bertz CT molecular complexity index is 800. The first-order valence-electron chi connectivity index (χ1n) is 8.49. The van der Waals surface area contributed by atoms with E-state index in [2.05, 4.69) is 4.98 Å². The van der Waals surface area contributed by atoms with E-state index >= 15 is 0 Å². The summed E-state index contributed by atoms with van der Waals surface area (Å²) in [6.07, 6.45) is 10.6. The normalized spacial score (nSPS) is 16.4. The first kappa shape index (κ1) is 17.5. The number of nitrogens with zero attached hydrogens (tertiary/aromatic N) is 3. The number of unbranched alkanes of at least 4 members (excludes halogenated alkanes) is 2. The topological polar surface area (TPSA) is 63.9 Å². The molecule has 0 aromatic carbocycles. The summed E-state index contributed by atoms with van der Waals surface area (Å²) in [5.74, 6) is 0.577. The van der Waals surface area contributed by atoms with Crippen molar-refractivity contribution in [1.82, 2.24) is 14.3 Å². The Morgan fingerprint density at radius 1 is 1.28 bits per heavy atom. The largest absolute Gasteiger partial charge is 0.490 e. The molecule has 0 aliphatic carbocycles. The van der Waals surface area contributed by atoms with Crippen LogP contribution in [-0.4, -0.2) is 38.6 Å². The van der Waals surface area contributed by atoms with Gasteiger partial charge in [0, 0.05) is 25.1 Å². The van der Waals surface area contributed by atoms with Crippen LogP contribution < -0.4 is 4.74 Å². The molecule has 1 fully saturated rings. The highest BCUT2D eigenvalue weighted by molar-refractivity contribution is 8.18. The number of hydrogen-bond donors (Lipinski definition) is 0. The second-order valence-electron chi connectivity index (χ2n) is 5.77. The van der Waals surface area contributed by atoms with Gasteiger partial charge in [-0.25, -0.2) is 4.98 Å². The van der Waals surface area contributed by atoms with E-state index in [1.807, 2.05) is 41.9 Å². The smallest absolute Gasteiger partial charge is 0.293 e. The Hall–Kier alpha value is -2.28. The van der Waals surface area contributed by atoms with Crippen LogP contribution in [-0.2, 0) is 4.79 Å². The second-order valence-corrected chi connectivity index (χ2v) is 6.76. The van der Waals surface area contributed by atoms with E-state index in [4.69, 9.17) is 4.74 Å². The SMILES string of the molecule is CCCC=C1SC(=O)N(CCCCOc2cccn3ccnc23)C1=O. The number of aromatic nitrogens is 2. The maximum atomic E-state index is 12.2. The Morgan fingerprint density at radius 3 is 3.00 bits per heavy atom. The van der Waals surface area contributed by atoms with E-state index < -0.39 is 0 Å². The number of rotatable bonds is 8. The first-order valence-corrected chi connectivity index (χ1v) is 9.30. The molecule has 2 amide bonds. The standard InChI is InChI=1S/C18H21N3O3S/c1-2-3-8-15-17(22)21(18(23)25-15)11-4-5-13-24-14-7-6-10-20-12-9-19-16(14)20/h6-10,12H,2-5,11,13H2,1H3. The summed E-state index contributed by atoms with van der Waals surface area (Å²) in [6.45, 7) is 3.00. The predicted octanol–water partition coefficient (Wildman–Crippen LogP) is 3.87. The number of imidazole rings is 1. The molecular weight excluding hydrogens is 338 g/mol. The Kier molecular flexibility index (Phi) is 5.75. The molecule has 7 heteroatoms. The number of imide groups is 1. The van der Waals surface area contributed by atoms with Crippen molar-refractivity contribution in [3.05, 3.63) is 41.7 Å². The molecule has 3 rings (SSSR count). The molecule has 25 heavy (non-hydrogen) atoms. The molecule has 0 atom stereocenters. The number of carbonyl (C=O) groups is 2. The van der Waals surface area contributed by atoms with Crippen LogP contribution in [0, 0.1) is 0 Å². The van der Waals surface area contributed by atoms with E-state index in [9.17, 15) is 9.59 Å². The molecule has 1 aliphatic heterocycles. The van der Waals surface area contributed by atoms with Gasteiger partial charge in [0.2, 0.25) is 0 Å². The summed E-state index contributed by atoms with van der Waals surface area (Å²) in [6, 6.07) is 3.80. The van der Waals surface area contributed by atoms with E-state index in [1.165, 1.54) is 4.90 Å². The van der Waals surface area contributed by atoms with E-state index in [1.54, 1.807) is 6.20 Å². The number of carbonyl (C=O) groups excluding carboxylic acids is 2. The lowest BCUT2D eigenvalue weighted by molar-refractivity contribution is -0.122. The molecule has 1 saturated heterocycles. The van der Waals surface area contributed by atoms with Gasteiger partial charge in [-0.15, -0.1) is 0 Å². The number of amides is 2. The highest BCUT2D eigenvalue weighted by atomic mass is 32.2. The number of ether oxygens (including phenoxy) is 1. The van der Waals surface area contributed by atoms with Gasteiger partial charge in [0.25, 0.3) is 11.1 Å². The Morgan fingerprint density at radius 2 is 2.16 bits per heavy atom. The lowest BCUT2D eigenvalue weighted by Gasteiger charge is -2.12. The number of allylic oxidation sites excluding steroid dienone is 1. The van der Waals surface area contributed by atoms with Crippen LogP contribution in [0.3, 0.4) is 0 Å². The lowest BCUT2D eigenvalue weighted by Crippen LogP contribution is -2.29. The van der Waals surface area contributed by atoms with Crippen molar-refractivity contribution >= 4 is 28.6 Å². The average Bonchev–Trinajstić information content (AvgIpc) is 3.19. The molecule has 2 aromatic heterocycles. The van der Waals surface area contributed by atoms with E-state index in [-0.39, 0.29) is 11.1 Å². The molecule has 132 valence electrons. The first-order chi connectivity index (χ1) is 12.2. The van der Waals surface area contributed by atoms with Crippen LogP contribution in [0.2, 0.25) is 0 Å². The third kappa shape index (κ3) is 4.04. The Balaban J connectivity index is 1.45. The number of hydrogen-bond acceptors (Lipinski definition) is 5. The van der Waals surface area contributed by atoms with Gasteiger partial charge in [-0.1, -0.05) is 19.4 Å². The van der Waals surface area contributed by atoms with Crippen molar-refractivity contribution in [2.75, 3.05) is 13.2 Å². The second kappa shape index (κ2) is 8.20. The number of thioether (sulfide) groups is 1. The fraction of sp³-hybridized carbons (Fsp3) is 0.389. The average molecular weight is 359 g/mol. The quantitative estimate of drug-likeness (QED) is 0.529. The lowest BCUT2D eigenvalue weighted by atomic mass is 10.3. The van der Waals surface area contributed by atoms with Gasteiger partial charge in [0.15, 0.2) is 11.4 Å². The van der Waals surface area contributed by atoms with Crippen LogP contribution in [0.4, 0.5) is 4.79 Å². The van der Waals surface area contributed by atoms with Crippen LogP contribution >= 0.6 is 11.8 Å². The minimum Gasteiger partial charge on any atom is -0.490 e. The molecule has 0 N–H and O–H groups in total. The summed E-state index contributed by atoms with van der Waals surface area (Å²) >= 11 is 1.04. The summed E-state index contributed by atoms with van der Waals surface area (Å²) in [4.78, 5) is 30.3. The molecule has 3 heterocycles. The predicted molar refractivity (Wildman–Crippen MR) is 97.6 cm³/mol. The fourth-order valence-electron chi connectivity index (χ4n) is 2.59. The Labute approximate surface area is 150 Å². The van der Waals surface area contributed by atoms with Crippen LogP contribution in [0.5, 0.6) is 5.75 Å². The maximum Gasteiger partial charge on any atom is 0.293 e. The minimum absolute atomic E-state index is 0.161. The fourth-order valence-corrected chi connectivity index (χ4v) is 3.47. The van der Waals surface area contributed by atoms with Crippen molar-refractivity contribution < 1.29 is 14.3 Å². The highest BCUT2D eigenvalue weighted by Crippen LogP contribution is 2.31. The third-order valence-electron chi connectivity index (χ3n) is 3.91. The summed E-state index contributed by atoms with van der Waals surface area (Å²) in [7, 11) is 0. The van der Waals surface area contributed by atoms with Gasteiger partial charge in [0.05, 0.1) is 11.5 Å². The van der Waals surface area contributed by atoms with Crippen molar-refractivity contribution in [3.63, 3.8) is 0 Å². The molecule has 0 spiro atoms. The maximum absolute atomic E-state index is 12.2. The van der Waals surface area contributed by atoms with Gasteiger partial charge in [-0.2, -0.15) is 0 Å². The van der Waals surface area contributed by atoms with Crippen molar-refractivity contribution in [2.45, 2.75) is 32.6 Å². The highest BCUT2D eigenvalue weighted by Gasteiger charge is 2.34. The third-order valence-corrected chi connectivity index (χ3v) is 4.87. The zero-order valence-electron chi connectivity index (χ0n) is 14.2. The summed E-state index contributed by atoms with van der Waals surface area (Å²) < 4.78 is 7.68. The molecule has 0 saturated carbocycles. The monoisotopic (exact) mass is 359 g/mol. The van der Waals surface area contributed by atoms with Gasteiger partial charge in [-0.3, -0.25) is 14.5 Å². The number of pyridine rings is 1. The molecule has 0 radical (unpaired) electrons. The minimum atomic E-state index is -0.171. The molecule has 1 aliphatic rings. The molecule has 0 bridgehead atoms. The summed E-state index contributed by atoms with van der Waals surface area (Å²) in [5.41, 5.74) is 0.787. The molecule has 2 aromatic rings. The van der Waals surface area contributed by atoms with Gasteiger partial charge < -0.3 is 9.14 Å². The molecular formula is C18H21N3O3S. The van der Waals surface area contributed by atoms with Gasteiger partial charge in [0.1, 0.15) is 0 Å². The van der Waals surface area contributed by atoms with Gasteiger partial charge >= 0.3 is 0 Å². The molecule has 0 unspecified atom stereocenters. The number of fused-ring (bicyclic) bond motifs is 1. The van der Waals surface area contributed by atoms with E-state index in [0.717, 1.165) is 48.8 Å². The van der Waals surface area contributed by atoms with Crippen LogP contribution in [0.25, 0.3) is 5.65 Å². The van der Waals surface area contributed by atoms with Crippen molar-refractivity contribution in [3.8, 4) is 5.75 Å². The van der Waals surface area contributed by atoms with E-state index in [0.29, 0.717) is 18.1 Å². The van der Waals surface area contributed by atoms with Gasteiger partial charge in [-0.05, 0) is 43.2 Å².